The van der Waals surface area contributed by atoms with Crippen LogP contribution >= 0.6 is 11.3 Å². The third kappa shape index (κ3) is 5.12. The topological polar surface area (TPSA) is 65.5 Å². The fourth-order valence-electron chi connectivity index (χ4n) is 6.00. The van der Waals surface area contributed by atoms with E-state index in [2.05, 4.69) is 24.1 Å². The van der Waals surface area contributed by atoms with Crippen LogP contribution in [0.5, 0.6) is 0 Å². The number of benzene rings is 2. The lowest BCUT2D eigenvalue weighted by Crippen LogP contribution is -2.36. The van der Waals surface area contributed by atoms with Crippen LogP contribution in [0.1, 0.15) is 58.0 Å². The third-order valence-electron chi connectivity index (χ3n) is 8.10. The Hall–Kier alpha value is -4.04. The monoisotopic (exact) mass is 568 g/mol. The summed E-state index contributed by atoms with van der Waals surface area (Å²) in [6, 6.07) is 20.5. The van der Waals surface area contributed by atoms with E-state index >= 15 is 0 Å². The van der Waals surface area contributed by atoms with Gasteiger partial charge in [-0.1, -0.05) is 50.2 Å². The summed E-state index contributed by atoms with van der Waals surface area (Å²) in [6.45, 7) is 7.65. The molecule has 4 heterocycles. The molecule has 2 aliphatic rings. The van der Waals surface area contributed by atoms with Crippen LogP contribution in [-0.4, -0.2) is 35.9 Å². The van der Waals surface area contributed by atoms with Crippen molar-refractivity contribution in [3.8, 4) is 10.4 Å². The summed E-state index contributed by atoms with van der Waals surface area (Å²) in [5.41, 5.74) is 3.97. The van der Waals surface area contributed by atoms with Crippen molar-refractivity contribution in [1.82, 2.24) is 4.98 Å². The zero-order chi connectivity index (χ0) is 28.7. The number of rotatable bonds is 5. The molecule has 210 valence electrons. The van der Waals surface area contributed by atoms with Crippen molar-refractivity contribution in [3.05, 3.63) is 94.2 Å². The van der Waals surface area contributed by atoms with Crippen LogP contribution in [0.3, 0.4) is 0 Å². The summed E-state index contributed by atoms with van der Waals surface area (Å²) in [5, 5.41) is 2.75. The molecule has 0 saturated carbocycles. The third-order valence-corrected chi connectivity index (χ3v) is 9.31. The highest BCUT2D eigenvalue weighted by Gasteiger charge is 2.31. The maximum atomic E-state index is 14.4. The first-order chi connectivity index (χ1) is 19.8. The second kappa shape index (κ2) is 11.1. The van der Waals surface area contributed by atoms with Gasteiger partial charge in [0.25, 0.3) is 11.8 Å². The molecule has 1 saturated heterocycles. The molecule has 0 bridgehead atoms. The van der Waals surface area contributed by atoms with E-state index < -0.39 is 5.82 Å². The van der Waals surface area contributed by atoms with E-state index in [1.54, 1.807) is 30.0 Å². The van der Waals surface area contributed by atoms with Crippen molar-refractivity contribution in [1.29, 1.82) is 0 Å². The van der Waals surface area contributed by atoms with Crippen molar-refractivity contribution >= 4 is 40.3 Å². The molecule has 1 fully saturated rings. The molecule has 4 aromatic rings. The van der Waals surface area contributed by atoms with E-state index in [1.165, 1.54) is 17.4 Å². The number of aromatic nitrogens is 1. The van der Waals surface area contributed by atoms with Gasteiger partial charge < -0.3 is 15.1 Å². The van der Waals surface area contributed by atoms with Crippen LogP contribution in [0.25, 0.3) is 10.4 Å². The number of amides is 2. The minimum Gasteiger partial charge on any atom is -0.353 e. The molecule has 1 unspecified atom stereocenters. The first kappa shape index (κ1) is 27.1. The Labute approximate surface area is 243 Å². The zero-order valence-corrected chi connectivity index (χ0v) is 24.3. The average Bonchev–Trinajstić information content (AvgIpc) is 3.61. The van der Waals surface area contributed by atoms with Crippen LogP contribution in [0.2, 0.25) is 0 Å². The molecule has 8 heteroatoms. The Morgan fingerprint density at radius 1 is 1.05 bits per heavy atom. The number of fused-ring (bicyclic) bond motifs is 3. The molecule has 2 amide bonds. The fourth-order valence-corrected chi connectivity index (χ4v) is 7.13. The van der Waals surface area contributed by atoms with Gasteiger partial charge in [-0.2, -0.15) is 0 Å². The van der Waals surface area contributed by atoms with E-state index in [4.69, 9.17) is 4.98 Å². The number of carbonyl (C=O) groups is 2. The van der Waals surface area contributed by atoms with Gasteiger partial charge in [0.2, 0.25) is 0 Å². The van der Waals surface area contributed by atoms with Gasteiger partial charge in [-0.25, -0.2) is 9.37 Å². The number of halogens is 1. The summed E-state index contributed by atoms with van der Waals surface area (Å²) >= 11 is 1.37. The normalized spacial score (nSPS) is 16.4. The SMILES string of the molecule is Cc1cccc(F)c1NC(=O)c1cc2c(s1)-c1ccccc1N(C(=O)c1cccc(N3CCCC3C(C)C)n1)CC2. The van der Waals surface area contributed by atoms with E-state index in [1.807, 2.05) is 42.5 Å². The van der Waals surface area contributed by atoms with E-state index in [9.17, 15) is 14.0 Å². The lowest BCUT2D eigenvalue weighted by atomic mass is 10.0. The number of carbonyl (C=O) groups excluding carboxylic acids is 2. The van der Waals surface area contributed by atoms with Gasteiger partial charge in [0.15, 0.2) is 0 Å². The molecule has 6 nitrogen and oxygen atoms in total. The highest BCUT2D eigenvalue weighted by atomic mass is 32.1. The number of nitrogens with zero attached hydrogens (tertiary/aromatic N) is 3. The molecule has 0 radical (unpaired) electrons. The second-order valence-corrected chi connectivity index (χ2v) is 12.2. The Morgan fingerprint density at radius 3 is 2.66 bits per heavy atom. The van der Waals surface area contributed by atoms with E-state index in [0.29, 0.717) is 41.1 Å². The molecular formula is C33H33FN4O2S. The van der Waals surface area contributed by atoms with Gasteiger partial charge in [0.05, 0.1) is 16.3 Å². The van der Waals surface area contributed by atoms with Crippen LogP contribution in [0, 0.1) is 18.7 Å². The van der Waals surface area contributed by atoms with Crippen molar-refractivity contribution in [2.75, 3.05) is 28.2 Å². The van der Waals surface area contributed by atoms with Crippen molar-refractivity contribution in [2.24, 2.45) is 5.92 Å². The first-order valence-corrected chi connectivity index (χ1v) is 15.0. The molecule has 41 heavy (non-hydrogen) atoms. The molecule has 0 aliphatic carbocycles. The fraction of sp³-hybridized carbons (Fsp3) is 0.303. The number of para-hydroxylation sites is 2. The number of aryl methyl sites for hydroxylation is 1. The number of hydrogen-bond donors (Lipinski definition) is 1. The number of pyridine rings is 1. The average molecular weight is 569 g/mol. The quantitative estimate of drug-likeness (QED) is 0.274. The maximum absolute atomic E-state index is 14.4. The van der Waals surface area contributed by atoms with E-state index in [-0.39, 0.29) is 17.5 Å². The van der Waals surface area contributed by atoms with Gasteiger partial charge in [0, 0.05) is 29.6 Å². The minimum absolute atomic E-state index is 0.136. The van der Waals surface area contributed by atoms with Gasteiger partial charge in [-0.3, -0.25) is 9.59 Å². The summed E-state index contributed by atoms with van der Waals surface area (Å²) in [5.74, 6) is 0.429. The predicted molar refractivity (Wildman–Crippen MR) is 164 cm³/mol. The van der Waals surface area contributed by atoms with Crippen LogP contribution in [0.15, 0.2) is 66.7 Å². The zero-order valence-electron chi connectivity index (χ0n) is 23.5. The number of nitrogens with one attached hydrogen (secondary N) is 1. The molecule has 0 spiro atoms. The summed E-state index contributed by atoms with van der Waals surface area (Å²) < 4.78 is 14.4. The van der Waals surface area contributed by atoms with Gasteiger partial charge in [-0.05, 0) is 73.6 Å². The Morgan fingerprint density at radius 2 is 1.85 bits per heavy atom. The smallest absolute Gasteiger partial charge is 0.276 e. The maximum Gasteiger partial charge on any atom is 0.276 e. The Balaban J connectivity index is 1.29. The van der Waals surface area contributed by atoms with Crippen LogP contribution in [-0.2, 0) is 6.42 Å². The number of thiophene rings is 1. The van der Waals surface area contributed by atoms with Gasteiger partial charge >= 0.3 is 0 Å². The molecule has 2 aliphatic heterocycles. The standard InChI is InChI=1S/C33H33FN4O2S/c1-20(2)26-14-8-17-37(26)29-15-7-12-25(35-29)33(40)38-18-16-22-19-28(41-31(22)23-10-4-5-13-27(23)38)32(39)36-30-21(3)9-6-11-24(30)34/h4-7,9-13,15,19-20,26H,8,14,16-18H2,1-3H3,(H,36,39). The highest BCUT2D eigenvalue weighted by molar-refractivity contribution is 7.17. The summed E-state index contributed by atoms with van der Waals surface area (Å²) in [6.07, 6.45) is 2.85. The van der Waals surface area contributed by atoms with Gasteiger partial charge in [0.1, 0.15) is 17.3 Å². The molecule has 1 N–H and O–H groups in total. The second-order valence-electron chi connectivity index (χ2n) is 11.1. The lowest BCUT2D eigenvalue weighted by molar-refractivity contribution is 0.0981. The summed E-state index contributed by atoms with van der Waals surface area (Å²) in [4.78, 5) is 37.6. The Bertz CT molecular complexity index is 1610. The van der Waals surface area contributed by atoms with E-state index in [0.717, 1.165) is 46.9 Å². The molecular weight excluding hydrogens is 535 g/mol. The predicted octanol–water partition coefficient (Wildman–Crippen LogP) is 7.34. The highest BCUT2D eigenvalue weighted by Crippen LogP contribution is 2.42. The van der Waals surface area contributed by atoms with Crippen LogP contribution in [0.4, 0.5) is 21.6 Å². The molecule has 6 rings (SSSR count). The largest absolute Gasteiger partial charge is 0.353 e. The molecule has 2 aromatic heterocycles. The first-order valence-electron chi connectivity index (χ1n) is 14.2. The molecule has 2 aromatic carbocycles. The number of hydrogen-bond acceptors (Lipinski definition) is 5. The van der Waals surface area contributed by atoms with Gasteiger partial charge in [-0.15, -0.1) is 11.3 Å². The summed E-state index contributed by atoms with van der Waals surface area (Å²) in [7, 11) is 0. The van der Waals surface area contributed by atoms with Crippen molar-refractivity contribution in [3.63, 3.8) is 0 Å². The lowest BCUT2D eigenvalue weighted by Gasteiger charge is -2.29. The van der Waals surface area contributed by atoms with Crippen molar-refractivity contribution < 1.29 is 14.0 Å². The van der Waals surface area contributed by atoms with Crippen LogP contribution < -0.4 is 15.1 Å². The van der Waals surface area contributed by atoms with Crippen molar-refractivity contribution in [2.45, 2.75) is 46.1 Å². The number of anilines is 3. The minimum atomic E-state index is -0.460. The molecule has 1 atom stereocenters. The Kier molecular flexibility index (Phi) is 7.34.